The maximum Gasteiger partial charge on any atom is 0.472 e. The van der Waals surface area contributed by atoms with Crippen molar-refractivity contribution in [2.75, 3.05) is 47.5 Å². The van der Waals surface area contributed by atoms with Gasteiger partial charge >= 0.3 is 19.8 Å². The molecule has 0 aliphatic heterocycles. The number of carbonyl (C=O) groups is 2. The lowest BCUT2D eigenvalue weighted by Crippen LogP contribution is -2.37. The van der Waals surface area contributed by atoms with E-state index in [0.717, 1.165) is 70.6 Å². The molecular weight excluding hydrogens is 717 g/mol. The van der Waals surface area contributed by atoms with E-state index in [0.29, 0.717) is 30.3 Å². The summed E-state index contributed by atoms with van der Waals surface area (Å²) in [6, 6.07) is 0. The van der Waals surface area contributed by atoms with E-state index in [1.807, 2.05) is 45.4 Å². The monoisotopic (exact) mass is 795 g/mol. The largest absolute Gasteiger partial charge is 0.472 e. The Morgan fingerprint density at radius 1 is 0.673 bits per heavy atom. The minimum absolute atomic E-state index is 0.00840. The molecule has 0 saturated carbocycles. The number of rotatable bonds is 36. The quantitative estimate of drug-likeness (QED) is 0.0159. The second kappa shape index (κ2) is 35.8. The first-order valence-electron chi connectivity index (χ1n) is 20.8. The van der Waals surface area contributed by atoms with Crippen molar-refractivity contribution < 1.29 is 47.2 Å². The summed E-state index contributed by atoms with van der Waals surface area (Å²) >= 11 is 0. The first kappa shape index (κ1) is 52.4. The van der Waals surface area contributed by atoms with Crippen molar-refractivity contribution in [1.82, 2.24) is 0 Å². The molecule has 0 radical (unpaired) electrons. The third kappa shape index (κ3) is 39.4. The number of hydrogen-bond donors (Lipinski definition) is 2. The highest BCUT2D eigenvalue weighted by molar-refractivity contribution is 7.47. The third-order valence-electron chi connectivity index (χ3n) is 8.30. The van der Waals surface area contributed by atoms with Gasteiger partial charge in [-0.05, 0) is 77.0 Å². The predicted octanol–water partition coefficient (Wildman–Crippen LogP) is 10.4. The van der Waals surface area contributed by atoms with Crippen LogP contribution in [0.15, 0.2) is 72.9 Å². The molecule has 2 N–H and O–H groups in total. The van der Waals surface area contributed by atoms with Crippen molar-refractivity contribution in [2.24, 2.45) is 0 Å². The van der Waals surface area contributed by atoms with Crippen LogP contribution in [-0.4, -0.2) is 86.1 Å². The number of aliphatic hydroxyl groups excluding tert-OH is 1. The van der Waals surface area contributed by atoms with Gasteiger partial charge in [0, 0.05) is 12.8 Å². The molecule has 0 aromatic rings. The van der Waals surface area contributed by atoms with Crippen molar-refractivity contribution in [2.45, 2.75) is 148 Å². The average Bonchev–Trinajstić information content (AvgIpc) is 3.12. The van der Waals surface area contributed by atoms with Gasteiger partial charge in [-0.3, -0.25) is 18.6 Å². The summed E-state index contributed by atoms with van der Waals surface area (Å²) in [5.74, 6) is -0.906. The van der Waals surface area contributed by atoms with Gasteiger partial charge in [0.2, 0.25) is 0 Å². The first-order valence-corrected chi connectivity index (χ1v) is 22.3. The number of phosphoric acid groups is 1. The molecule has 0 fully saturated rings. The topological polar surface area (TPSA) is 129 Å². The zero-order chi connectivity index (χ0) is 40.9. The lowest BCUT2D eigenvalue weighted by Gasteiger charge is -2.24. The molecule has 0 aliphatic rings. The Bertz CT molecular complexity index is 1190. The minimum Gasteiger partial charge on any atom is -0.462 e. The molecule has 11 heteroatoms. The van der Waals surface area contributed by atoms with Crippen LogP contribution in [0.2, 0.25) is 0 Å². The van der Waals surface area contributed by atoms with Crippen LogP contribution in [0.4, 0.5) is 0 Å². The molecule has 3 atom stereocenters. The Morgan fingerprint density at radius 3 is 1.93 bits per heavy atom. The van der Waals surface area contributed by atoms with E-state index in [2.05, 4.69) is 56.4 Å². The standard InChI is InChI=1S/C44H76NO9P/c1-6-8-10-11-12-13-14-15-16-17-18-21-25-28-32-36-44(48)54-42(40-53-55(49,50)52-38-37-45(3,4)5)39-51-43(47)35-31-27-24-22-19-20-23-26-30-34-41(46)33-29-9-7-2/h9,12-13,15-16,18,21,23,26,29-30,34,41-42,46H,6-8,10-11,14,17,19-20,22,24-25,27-28,31-33,35-40H2,1-5H3/p+1/b13-12-,16-15-,21-18-,26-23+,29-9+,34-30+/t41?,42-/m1/s1. The number of carbonyl (C=O) groups excluding carboxylic acids is 2. The fourth-order valence-corrected chi connectivity index (χ4v) is 5.74. The number of ether oxygens (including phenoxy) is 2. The molecule has 2 unspecified atom stereocenters. The highest BCUT2D eigenvalue weighted by Crippen LogP contribution is 2.43. The number of likely N-dealkylation sites (N-methyl/N-ethyl adjacent to an activating group) is 1. The number of allylic oxidation sites excluding steroid dienone is 10. The zero-order valence-electron chi connectivity index (χ0n) is 35.0. The van der Waals surface area contributed by atoms with Gasteiger partial charge < -0.3 is 24.0 Å². The third-order valence-corrected chi connectivity index (χ3v) is 9.29. The Hall–Kier alpha value is -2.59. The maximum atomic E-state index is 12.6. The fraction of sp³-hybridized carbons (Fsp3) is 0.682. The molecule has 0 amide bonds. The van der Waals surface area contributed by atoms with Gasteiger partial charge in [-0.25, -0.2) is 4.57 Å². The molecule has 0 spiro atoms. The molecule has 0 saturated heterocycles. The van der Waals surface area contributed by atoms with Gasteiger partial charge in [0.25, 0.3) is 0 Å². The fourth-order valence-electron chi connectivity index (χ4n) is 5.00. The Balaban J connectivity index is 4.55. The van der Waals surface area contributed by atoms with Crippen molar-refractivity contribution in [3.05, 3.63) is 72.9 Å². The smallest absolute Gasteiger partial charge is 0.462 e. The van der Waals surface area contributed by atoms with Crippen LogP contribution in [-0.2, 0) is 32.7 Å². The molecule has 0 bridgehead atoms. The summed E-state index contributed by atoms with van der Waals surface area (Å²) in [7, 11) is 1.40. The number of nitrogens with zero attached hydrogens (tertiary/aromatic N) is 1. The Kier molecular flexibility index (Phi) is 34.1. The number of unbranched alkanes of at least 4 members (excludes halogenated alkanes) is 10. The molecule has 316 valence electrons. The number of quaternary nitrogens is 1. The summed E-state index contributed by atoms with van der Waals surface area (Å²) < 4.78 is 34.1. The van der Waals surface area contributed by atoms with Crippen molar-refractivity contribution in [3.8, 4) is 0 Å². The van der Waals surface area contributed by atoms with Crippen LogP contribution in [0, 0.1) is 0 Å². The summed E-state index contributed by atoms with van der Waals surface area (Å²) in [6.45, 7) is 4.06. The average molecular weight is 795 g/mol. The zero-order valence-corrected chi connectivity index (χ0v) is 35.9. The highest BCUT2D eigenvalue weighted by atomic mass is 31.2. The van der Waals surface area contributed by atoms with E-state index in [-0.39, 0.29) is 26.1 Å². The van der Waals surface area contributed by atoms with Gasteiger partial charge in [-0.15, -0.1) is 0 Å². The van der Waals surface area contributed by atoms with Gasteiger partial charge in [-0.1, -0.05) is 119 Å². The molecule has 0 aliphatic carbocycles. The van der Waals surface area contributed by atoms with Crippen LogP contribution in [0.5, 0.6) is 0 Å². The van der Waals surface area contributed by atoms with E-state index in [9.17, 15) is 24.2 Å². The van der Waals surface area contributed by atoms with Crippen LogP contribution in [0.25, 0.3) is 0 Å². The normalized spacial score (nSPS) is 15.0. The molecule has 0 heterocycles. The van der Waals surface area contributed by atoms with Gasteiger partial charge in [-0.2, -0.15) is 0 Å². The number of phosphoric ester groups is 1. The second-order valence-corrected chi connectivity index (χ2v) is 16.3. The number of esters is 2. The Morgan fingerprint density at radius 2 is 1.25 bits per heavy atom. The second-order valence-electron chi connectivity index (χ2n) is 14.8. The predicted molar refractivity (Wildman–Crippen MR) is 225 cm³/mol. The van der Waals surface area contributed by atoms with Crippen LogP contribution < -0.4 is 0 Å². The molecule has 55 heavy (non-hydrogen) atoms. The van der Waals surface area contributed by atoms with E-state index < -0.39 is 38.6 Å². The van der Waals surface area contributed by atoms with E-state index >= 15 is 0 Å². The summed E-state index contributed by atoms with van der Waals surface area (Å²) in [4.78, 5) is 35.3. The van der Waals surface area contributed by atoms with Gasteiger partial charge in [0.05, 0.1) is 33.9 Å². The van der Waals surface area contributed by atoms with Crippen molar-refractivity contribution >= 4 is 19.8 Å². The highest BCUT2D eigenvalue weighted by Gasteiger charge is 2.27. The summed E-state index contributed by atoms with van der Waals surface area (Å²) in [5, 5.41) is 9.87. The maximum absolute atomic E-state index is 12.6. The van der Waals surface area contributed by atoms with Crippen molar-refractivity contribution in [3.63, 3.8) is 0 Å². The molecule has 10 nitrogen and oxygen atoms in total. The lowest BCUT2D eigenvalue weighted by atomic mass is 10.1. The van der Waals surface area contributed by atoms with Gasteiger partial charge in [0.15, 0.2) is 6.10 Å². The molecular formula is C44H77NO9P+. The molecule has 0 aromatic carbocycles. The van der Waals surface area contributed by atoms with E-state index in [4.69, 9.17) is 18.5 Å². The number of aliphatic hydroxyl groups is 1. The number of hydrogen-bond acceptors (Lipinski definition) is 8. The molecule has 0 aromatic heterocycles. The van der Waals surface area contributed by atoms with Gasteiger partial charge in [0.1, 0.15) is 19.8 Å². The SMILES string of the molecule is CC/C=C/CC(O)/C=C/C=C/CCCCCCCC(=O)OC[C@H](COP(=O)(O)OCC[N+](C)(C)C)OC(=O)CCCC/C=C\C/C=C\C/C=C\CCCCC. The van der Waals surface area contributed by atoms with E-state index in [1.165, 1.54) is 19.3 Å². The van der Waals surface area contributed by atoms with Crippen LogP contribution in [0.1, 0.15) is 136 Å². The van der Waals surface area contributed by atoms with Crippen LogP contribution in [0.3, 0.4) is 0 Å². The lowest BCUT2D eigenvalue weighted by molar-refractivity contribution is -0.870. The summed E-state index contributed by atoms with van der Waals surface area (Å²) in [5.41, 5.74) is 0. The summed E-state index contributed by atoms with van der Waals surface area (Å²) in [6.07, 6.45) is 40.0. The van der Waals surface area contributed by atoms with Crippen LogP contribution >= 0.6 is 7.82 Å². The minimum atomic E-state index is -4.40. The first-order chi connectivity index (χ1) is 26.4. The molecule has 0 rings (SSSR count). The van der Waals surface area contributed by atoms with E-state index in [1.54, 1.807) is 6.08 Å². The van der Waals surface area contributed by atoms with Crippen molar-refractivity contribution in [1.29, 1.82) is 0 Å². The Labute approximate surface area is 334 Å².